The summed E-state index contributed by atoms with van der Waals surface area (Å²) in [5.41, 5.74) is 1.62. The number of halogens is 1. The van der Waals surface area contributed by atoms with Crippen molar-refractivity contribution in [2.75, 3.05) is 6.61 Å². The average Bonchev–Trinajstić information content (AvgIpc) is 2.26. The Kier molecular flexibility index (Phi) is 4.75. The van der Waals surface area contributed by atoms with Crippen molar-refractivity contribution in [1.29, 1.82) is 0 Å². The van der Waals surface area contributed by atoms with Gasteiger partial charge in [0.25, 0.3) is 0 Å². The van der Waals surface area contributed by atoms with Crippen LogP contribution in [-0.4, -0.2) is 17.7 Å². The minimum absolute atomic E-state index is 0.420. The number of carboxylic acids is 1. The Hall–Kier alpha value is -1.29. The van der Waals surface area contributed by atoms with E-state index in [-0.39, 0.29) is 0 Å². The Bertz CT molecular complexity index is 440. The van der Waals surface area contributed by atoms with Gasteiger partial charge in [-0.3, -0.25) is 4.79 Å². The van der Waals surface area contributed by atoms with Crippen LogP contribution in [0.1, 0.15) is 25.3 Å². The SMILES string of the molecule is C=C(C)COc1cccc(C(C)C(=O)O)c1Br. The highest BCUT2D eigenvalue weighted by Gasteiger charge is 2.18. The van der Waals surface area contributed by atoms with E-state index in [4.69, 9.17) is 9.84 Å². The molecule has 0 spiro atoms. The first-order valence-electron chi connectivity index (χ1n) is 5.22. The number of aliphatic carboxylic acids is 1. The van der Waals surface area contributed by atoms with E-state index in [1.165, 1.54) is 0 Å². The zero-order chi connectivity index (χ0) is 13.0. The Labute approximate surface area is 109 Å². The Balaban J connectivity index is 2.98. The van der Waals surface area contributed by atoms with E-state index in [1.807, 2.05) is 6.92 Å². The van der Waals surface area contributed by atoms with Crippen molar-refractivity contribution in [3.63, 3.8) is 0 Å². The third-order valence-corrected chi connectivity index (χ3v) is 3.15. The Morgan fingerprint density at radius 2 is 2.24 bits per heavy atom. The fourth-order valence-corrected chi connectivity index (χ4v) is 2.03. The highest BCUT2D eigenvalue weighted by molar-refractivity contribution is 9.10. The quantitative estimate of drug-likeness (QED) is 0.845. The number of hydrogen-bond acceptors (Lipinski definition) is 2. The van der Waals surface area contributed by atoms with E-state index < -0.39 is 11.9 Å². The highest BCUT2D eigenvalue weighted by Crippen LogP contribution is 2.33. The van der Waals surface area contributed by atoms with E-state index in [2.05, 4.69) is 22.5 Å². The van der Waals surface area contributed by atoms with Gasteiger partial charge in [0, 0.05) is 0 Å². The molecule has 0 bridgehead atoms. The summed E-state index contributed by atoms with van der Waals surface area (Å²) in [5.74, 6) is -0.792. The second-order valence-corrected chi connectivity index (χ2v) is 4.76. The van der Waals surface area contributed by atoms with Crippen molar-refractivity contribution in [3.05, 3.63) is 40.4 Å². The number of hydrogen-bond donors (Lipinski definition) is 1. The number of benzene rings is 1. The third-order valence-electron chi connectivity index (χ3n) is 2.30. The lowest BCUT2D eigenvalue weighted by atomic mass is 10.0. The van der Waals surface area contributed by atoms with E-state index in [1.54, 1.807) is 25.1 Å². The topological polar surface area (TPSA) is 46.5 Å². The zero-order valence-corrected chi connectivity index (χ0v) is 11.5. The summed E-state index contributed by atoms with van der Waals surface area (Å²) in [4.78, 5) is 11.0. The van der Waals surface area contributed by atoms with Crippen molar-refractivity contribution < 1.29 is 14.6 Å². The lowest BCUT2D eigenvalue weighted by molar-refractivity contribution is -0.138. The van der Waals surface area contributed by atoms with Gasteiger partial charge in [-0.1, -0.05) is 18.7 Å². The van der Waals surface area contributed by atoms with Crippen LogP contribution in [-0.2, 0) is 4.79 Å². The van der Waals surface area contributed by atoms with E-state index in [0.29, 0.717) is 22.4 Å². The molecule has 0 radical (unpaired) electrons. The van der Waals surface area contributed by atoms with Crippen molar-refractivity contribution in [3.8, 4) is 5.75 Å². The lowest BCUT2D eigenvalue weighted by Crippen LogP contribution is -2.09. The summed E-state index contributed by atoms with van der Waals surface area (Å²) < 4.78 is 6.22. The van der Waals surface area contributed by atoms with Gasteiger partial charge in [-0.2, -0.15) is 0 Å². The molecule has 92 valence electrons. The number of carbonyl (C=O) groups is 1. The minimum Gasteiger partial charge on any atom is -0.488 e. The van der Waals surface area contributed by atoms with Crippen LogP contribution < -0.4 is 4.74 Å². The van der Waals surface area contributed by atoms with Gasteiger partial charge < -0.3 is 9.84 Å². The van der Waals surface area contributed by atoms with Gasteiger partial charge >= 0.3 is 5.97 Å². The molecule has 1 N–H and O–H groups in total. The summed E-state index contributed by atoms with van der Waals surface area (Å²) in [5, 5.41) is 8.99. The van der Waals surface area contributed by atoms with Crippen LogP contribution in [0.15, 0.2) is 34.8 Å². The van der Waals surface area contributed by atoms with Gasteiger partial charge in [0.1, 0.15) is 12.4 Å². The molecule has 0 aliphatic heterocycles. The van der Waals surface area contributed by atoms with Crippen molar-refractivity contribution in [2.24, 2.45) is 0 Å². The molecule has 1 rings (SSSR count). The molecule has 1 atom stereocenters. The van der Waals surface area contributed by atoms with Crippen molar-refractivity contribution in [1.82, 2.24) is 0 Å². The first-order valence-corrected chi connectivity index (χ1v) is 6.01. The Morgan fingerprint density at radius 1 is 1.59 bits per heavy atom. The molecule has 0 aliphatic rings. The lowest BCUT2D eigenvalue weighted by Gasteiger charge is -2.13. The van der Waals surface area contributed by atoms with Crippen LogP contribution in [0, 0.1) is 0 Å². The molecule has 0 aromatic heterocycles. The largest absolute Gasteiger partial charge is 0.488 e. The maximum atomic E-state index is 11.0. The van der Waals surface area contributed by atoms with E-state index in [9.17, 15) is 4.79 Å². The van der Waals surface area contributed by atoms with Gasteiger partial charge in [0.15, 0.2) is 0 Å². The maximum Gasteiger partial charge on any atom is 0.310 e. The van der Waals surface area contributed by atoms with Gasteiger partial charge in [-0.05, 0) is 47.0 Å². The molecule has 0 aliphatic carbocycles. The molecule has 0 heterocycles. The molecule has 4 heteroatoms. The number of carboxylic acid groups (broad SMARTS) is 1. The summed E-state index contributed by atoms with van der Waals surface area (Å²) in [6.07, 6.45) is 0. The van der Waals surface area contributed by atoms with Gasteiger partial charge in [0.05, 0.1) is 10.4 Å². The minimum atomic E-state index is -0.859. The van der Waals surface area contributed by atoms with Crippen LogP contribution in [0.3, 0.4) is 0 Å². The van der Waals surface area contributed by atoms with Crippen molar-refractivity contribution in [2.45, 2.75) is 19.8 Å². The summed E-state index contributed by atoms with van der Waals surface area (Å²) >= 11 is 3.38. The van der Waals surface area contributed by atoms with E-state index >= 15 is 0 Å². The zero-order valence-electron chi connectivity index (χ0n) is 9.87. The van der Waals surface area contributed by atoms with Crippen LogP contribution in [0.5, 0.6) is 5.75 Å². The predicted octanol–water partition coefficient (Wildman–Crippen LogP) is 3.59. The van der Waals surface area contributed by atoms with Gasteiger partial charge in [-0.25, -0.2) is 0 Å². The monoisotopic (exact) mass is 298 g/mol. The highest BCUT2D eigenvalue weighted by atomic mass is 79.9. The number of rotatable bonds is 5. The van der Waals surface area contributed by atoms with Gasteiger partial charge in [0.2, 0.25) is 0 Å². The normalized spacial score (nSPS) is 11.9. The maximum absolute atomic E-state index is 11.0. The summed E-state index contributed by atoms with van der Waals surface area (Å²) in [6, 6.07) is 5.36. The molecule has 0 saturated heterocycles. The second-order valence-electron chi connectivity index (χ2n) is 3.97. The van der Waals surface area contributed by atoms with E-state index in [0.717, 1.165) is 5.57 Å². The first-order chi connectivity index (χ1) is 7.93. The van der Waals surface area contributed by atoms with Crippen LogP contribution >= 0.6 is 15.9 Å². The predicted molar refractivity (Wildman–Crippen MR) is 70.5 cm³/mol. The average molecular weight is 299 g/mol. The van der Waals surface area contributed by atoms with Crippen LogP contribution in [0.4, 0.5) is 0 Å². The standard InChI is InChI=1S/C13H15BrO3/c1-8(2)7-17-11-6-4-5-10(12(11)14)9(3)13(15)16/h4-6,9H,1,7H2,2-3H3,(H,15,16). The fraction of sp³-hybridized carbons (Fsp3) is 0.308. The molecule has 0 fully saturated rings. The van der Waals surface area contributed by atoms with Crippen molar-refractivity contribution >= 4 is 21.9 Å². The molecule has 0 amide bonds. The van der Waals surface area contributed by atoms with Crippen LogP contribution in [0.25, 0.3) is 0 Å². The molecule has 0 saturated carbocycles. The Morgan fingerprint density at radius 3 is 2.76 bits per heavy atom. The molecule has 1 aromatic rings. The summed E-state index contributed by atoms with van der Waals surface area (Å²) in [7, 11) is 0. The molecular weight excluding hydrogens is 284 g/mol. The number of ether oxygens (including phenoxy) is 1. The molecule has 1 aromatic carbocycles. The molecule has 1 unspecified atom stereocenters. The first kappa shape index (κ1) is 13.8. The summed E-state index contributed by atoms with van der Waals surface area (Å²) in [6.45, 7) is 7.69. The molecular formula is C13H15BrO3. The molecule has 3 nitrogen and oxygen atoms in total. The van der Waals surface area contributed by atoms with Crippen LogP contribution in [0.2, 0.25) is 0 Å². The fourth-order valence-electron chi connectivity index (χ4n) is 1.31. The smallest absolute Gasteiger partial charge is 0.310 e. The third kappa shape index (κ3) is 3.60. The van der Waals surface area contributed by atoms with Gasteiger partial charge in [-0.15, -0.1) is 0 Å². The second kappa shape index (κ2) is 5.87. The molecule has 17 heavy (non-hydrogen) atoms.